The van der Waals surface area contributed by atoms with Gasteiger partial charge in [0.1, 0.15) is 0 Å². The third-order valence-corrected chi connectivity index (χ3v) is 22.4. The van der Waals surface area contributed by atoms with Crippen molar-refractivity contribution in [1.29, 1.82) is 0 Å². The minimum absolute atomic E-state index is 0. The van der Waals surface area contributed by atoms with Crippen molar-refractivity contribution in [3.63, 3.8) is 0 Å². The van der Waals surface area contributed by atoms with E-state index in [0.29, 0.717) is 29.6 Å². The Morgan fingerprint density at radius 3 is 2.02 bits per heavy atom. The Hall–Kier alpha value is -2.05. The summed E-state index contributed by atoms with van der Waals surface area (Å²) in [5, 5.41) is 2.98. The summed E-state index contributed by atoms with van der Waals surface area (Å²) in [4.78, 5) is 0. The van der Waals surface area contributed by atoms with Gasteiger partial charge in [0.15, 0.2) is 0 Å². The van der Waals surface area contributed by atoms with Crippen molar-refractivity contribution < 1.29 is 46.1 Å². The molecular formula is C47H56Cl2Zr. The number of rotatable bonds is 4. The standard InChI is InChI=1S/C29H33.C10H15.C8H8.2ClH.Zr/c1-14-13-24-25(18(5)15(14)2)21(8)28-27-20(7)17(4)16(3)19(6)26(27)22-11-9-10-12-23(22)29(24)28;1-8-5-6-9(7-8)10(2,3)4;1-2-8-6-4-3-5-7-8;;;/h9-13,16-17,19,21H,1-8H3;6-8H,1-4H3;1,3-7H,2H2;2*1H;/q;;;;;+2/p-2. The van der Waals surface area contributed by atoms with Gasteiger partial charge in [0.25, 0.3) is 0 Å². The Labute approximate surface area is 323 Å². The van der Waals surface area contributed by atoms with Gasteiger partial charge in [0.2, 0.25) is 0 Å². The Morgan fingerprint density at radius 1 is 0.780 bits per heavy atom. The van der Waals surface area contributed by atoms with Crippen LogP contribution < -0.4 is 24.8 Å². The van der Waals surface area contributed by atoms with Crippen LogP contribution in [0.15, 0.2) is 81.7 Å². The Kier molecular flexibility index (Phi) is 11.0. The maximum atomic E-state index is 2.93. The van der Waals surface area contributed by atoms with Crippen LogP contribution in [0.1, 0.15) is 119 Å². The molecule has 0 aromatic heterocycles. The zero-order chi connectivity index (χ0) is 34.4. The monoisotopic (exact) mass is 780 g/mol. The Balaban J connectivity index is 0.00000243. The van der Waals surface area contributed by atoms with Crippen LogP contribution in [-0.4, -0.2) is 3.71 Å². The fourth-order valence-electron chi connectivity index (χ4n) is 10.0. The average Bonchev–Trinajstić information content (AvgIpc) is 3.59. The number of fused-ring (bicyclic) bond motifs is 8. The van der Waals surface area contributed by atoms with Crippen LogP contribution in [0, 0.1) is 43.9 Å². The van der Waals surface area contributed by atoms with Gasteiger partial charge in [-0.05, 0) is 0 Å². The van der Waals surface area contributed by atoms with Crippen LogP contribution in [0.5, 0.6) is 0 Å². The van der Waals surface area contributed by atoms with E-state index >= 15 is 0 Å². The largest absolute Gasteiger partial charge is 1.00 e. The van der Waals surface area contributed by atoms with Crippen molar-refractivity contribution in [2.75, 3.05) is 0 Å². The number of allylic oxidation sites excluding steroid dienone is 4. The van der Waals surface area contributed by atoms with Crippen LogP contribution in [-0.2, 0) is 30.8 Å². The first-order chi connectivity index (χ1) is 22.7. The molecule has 3 aliphatic rings. The molecule has 0 bridgehead atoms. The molecule has 50 heavy (non-hydrogen) atoms. The summed E-state index contributed by atoms with van der Waals surface area (Å²) in [6.45, 7) is 29.8. The van der Waals surface area contributed by atoms with E-state index in [2.05, 4.69) is 160 Å². The van der Waals surface area contributed by atoms with Gasteiger partial charge in [-0.3, -0.25) is 0 Å². The van der Waals surface area contributed by atoms with Gasteiger partial charge in [-0.15, -0.1) is 0 Å². The van der Waals surface area contributed by atoms with Crippen LogP contribution in [0.4, 0.5) is 0 Å². The summed E-state index contributed by atoms with van der Waals surface area (Å²) < 4.78 is 4.84. The first kappa shape index (κ1) is 39.2. The number of halogens is 2. The molecule has 3 aliphatic carbocycles. The molecule has 0 heterocycles. The molecule has 4 aromatic rings. The maximum Gasteiger partial charge on any atom is -1.00 e. The molecule has 0 nitrogen and oxygen atoms in total. The number of aryl methyl sites for hydroxylation is 1. The van der Waals surface area contributed by atoms with E-state index < -0.39 is 21.3 Å². The van der Waals surface area contributed by atoms with Gasteiger partial charge in [-0.2, -0.15) is 0 Å². The summed E-state index contributed by atoms with van der Waals surface area (Å²) in [6.07, 6.45) is 6.39. The summed E-state index contributed by atoms with van der Waals surface area (Å²) in [6, 6.07) is 23.3. The van der Waals surface area contributed by atoms with E-state index in [1.165, 1.54) is 44.2 Å². The summed E-state index contributed by atoms with van der Waals surface area (Å²) in [7, 11) is 0. The topological polar surface area (TPSA) is 0 Å². The van der Waals surface area contributed by atoms with Gasteiger partial charge in [-0.25, -0.2) is 0 Å². The molecule has 0 saturated carbocycles. The van der Waals surface area contributed by atoms with E-state index in [-0.39, 0.29) is 33.4 Å². The molecular weight excluding hydrogens is 727 g/mol. The van der Waals surface area contributed by atoms with E-state index in [0.717, 1.165) is 6.42 Å². The predicted molar refractivity (Wildman–Crippen MR) is 206 cm³/mol. The predicted octanol–water partition coefficient (Wildman–Crippen LogP) is 6.68. The molecule has 0 saturated heterocycles. The van der Waals surface area contributed by atoms with Crippen LogP contribution in [0.3, 0.4) is 0 Å². The van der Waals surface area contributed by atoms with E-state index in [1.54, 1.807) is 31.1 Å². The van der Waals surface area contributed by atoms with Gasteiger partial charge >= 0.3 is 301 Å². The van der Waals surface area contributed by atoms with Crippen molar-refractivity contribution in [2.45, 2.75) is 104 Å². The summed E-state index contributed by atoms with van der Waals surface area (Å²) >= 11 is -2.63. The first-order valence-corrected chi connectivity index (χ1v) is 22.4. The third kappa shape index (κ3) is 5.85. The van der Waals surface area contributed by atoms with E-state index in [4.69, 9.17) is 0 Å². The summed E-state index contributed by atoms with van der Waals surface area (Å²) in [5.41, 5.74) is 17.2. The smallest absolute Gasteiger partial charge is 1.00 e. The molecule has 7 rings (SSSR count). The Morgan fingerprint density at radius 2 is 1.40 bits per heavy atom. The Bertz CT molecular complexity index is 2060. The number of hydrogen-bond donors (Lipinski definition) is 0. The van der Waals surface area contributed by atoms with Crippen molar-refractivity contribution in [3.05, 3.63) is 126 Å². The molecule has 0 aliphatic heterocycles. The number of hydrogen-bond acceptors (Lipinski definition) is 0. The van der Waals surface area contributed by atoms with Crippen molar-refractivity contribution in [1.82, 2.24) is 0 Å². The minimum Gasteiger partial charge on any atom is -1.00 e. The molecule has 6 unspecified atom stereocenters. The molecule has 4 aromatic carbocycles. The second-order valence-corrected chi connectivity index (χ2v) is 24.0. The normalized spacial score (nSPS) is 25.2. The van der Waals surface area contributed by atoms with Crippen molar-refractivity contribution in [3.8, 4) is 11.1 Å². The first-order valence-electron chi connectivity index (χ1n) is 18.6. The molecule has 3 heteroatoms. The zero-order valence-corrected chi connectivity index (χ0v) is 36.3. The zero-order valence-electron chi connectivity index (χ0n) is 32.4. The van der Waals surface area contributed by atoms with E-state index in [9.17, 15) is 0 Å². The average molecular weight is 783 g/mol. The fourth-order valence-corrected chi connectivity index (χ4v) is 19.6. The fraction of sp³-hybridized carbons (Fsp3) is 0.426. The quantitative estimate of drug-likeness (QED) is 0.217. The van der Waals surface area contributed by atoms with Crippen molar-refractivity contribution in [2.24, 2.45) is 23.2 Å². The van der Waals surface area contributed by atoms with Gasteiger partial charge in [0, 0.05) is 0 Å². The van der Waals surface area contributed by atoms with E-state index in [1.807, 2.05) is 0 Å². The molecule has 0 radical (unpaired) electrons. The molecule has 0 N–H and O–H groups in total. The molecule has 262 valence electrons. The molecule has 0 spiro atoms. The third-order valence-electron chi connectivity index (χ3n) is 13.5. The van der Waals surface area contributed by atoms with Crippen molar-refractivity contribution >= 4 is 14.5 Å². The second kappa shape index (κ2) is 14.1. The van der Waals surface area contributed by atoms with Crippen LogP contribution in [0.2, 0.25) is 0 Å². The number of benzene rings is 4. The molecule has 0 fully saturated rings. The van der Waals surface area contributed by atoms with Gasteiger partial charge in [0.05, 0.1) is 0 Å². The van der Waals surface area contributed by atoms with Gasteiger partial charge in [-0.1, -0.05) is 0 Å². The molecule has 6 atom stereocenters. The minimum atomic E-state index is -2.63. The maximum absolute atomic E-state index is 2.93. The summed E-state index contributed by atoms with van der Waals surface area (Å²) in [5.74, 6) is 2.58. The second-order valence-electron chi connectivity index (χ2n) is 17.0. The SMILES string of the molecule is Cc1cc2c(c(C)c1C)C(C)c1c3c(c4ccccc4c1-2)C(C)C(C)C(C)[C]3(C)[Zr+2](=[CH]Cc1ccccc1)[C]1=CC(C(C)(C)C)=CC1C.[Cl-].[Cl-]. The van der Waals surface area contributed by atoms with Gasteiger partial charge < -0.3 is 24.8 Å². The van der Waals surface area contributed by atoms with Crippen LogP contribution >= 0.6 is 0 Å². The van der Waals surface area contributed by atoms with Crippen LogP contribution in [0.25, 0.3) is 21.9 Å². The molecule has 0 amide bonds.